The summed E-state index contributed by atoms with van der Waals surface area (Å²) >= 11 is 0. The van der Waals surface area contributed by atoms with Gasteiger partial charge in [0.05, 0.1) is 18.6 Å². The van der Waals surface area contributed by atoms with E-state index in [-0.39, 0.29) is 29.6 Å². The van der Waals surface area contributed by atoms with Crippen LogP contribution in [0.2, 0.25) is 0 Å². The summed E-state index contributed by atoms with van der Waals surface area (Å²) in [5.41, 5.74) is 3.77. The Morgan fingerprint density at radius 1 is 1.11 bits per heavy atom. The maximum atomic E-state index is 13.1. The number of H-pyrrole nitrogens is 1. The summed E-state index contributed by atoms with van der Waals surface area (Å²) in [6.07, 6.45) is 1.95. The van der Waals surface area contributed by atoms with Gasteiger partial charge in [-0.2, -0.15) is 0 Å². The van der Waals surface area contributed by atoms with E-state index < -0.39 is 4.92 Å². The Labute approximate surface area is 203 Å². The van der Waals surface area contributed by atoms with E-state index in [0.29, 0.717) is 23.7 Å². The highest BCUT2D eigenvalue weighted by molar-refractivity contribution is 5.96. The van der Waals surface area contributed by atoms with E-state index in [2.05, 4.69) is 10.3 Å². The Morgan fingerprint density at radius 3 is 2.66 bits per heavy atom. The topological polar surface area (TPSA) is 106 Å². The number of nitrogens with one attached hydrogen (secondary N) is 2. The number of para-hydroxylation sites is 1. The van der Waals surface area contributed by atoms with Crippen molar-refractivity contribution in [3.05, 3.63) is 99.2 Å². The van der Waals surface area contributed by atoms with Gasteiger partial charge < -0.3 is 19.8 Å². The number of carbonyl (C=O) groups excluding carboxylic acids is 1. The number of aromatic nitrogens is 1. The van der Waals surface area contributed by atoms with E-state index >= 15 is 0 Å². The van der Waals surface area contributed by atoms with Crippen molar-refractivity contribution in [3.63, 3.8) is 0 Å². The van der Waals surface area contributed by atoms with Crippen molar-refractivity contribution in [1.29, 1.82) is 0 Å². The Hall–Kier alpha value is -4.33. The third-order valence-electron chi connectivity index (χ3n) is 6.03. The Kier molecular flexibility index (Phi) is 7.01. The molecule has 1 unspecified atom stereocenters. The molecular weight excluding hydrogens is 446 g/mol. The van der Waals surface area contributed by atoms with Crippen LogP contribution < -0.4 is 14.8 Å². The molecule has 1 heterocycles. The number of carbonyl (C=O) groups is 1. The van der Waals surface area contributed by atoms with Crippen LogP contribution in [0, 0.1) is 17.0 Å². The number of fused-ring (bicyclic) bond motifs is 1. The molecule has 0 fully saturated rings. The van der Waals surface area contributed by atoms with Crippen molar-refractivity contribution in [1.82, 2.24) is 10.3 Å². The third kappa shape index (κ3) is 4.96. The van der Waals surface area contributed by atoms with Crippen molar-refractivity contribution >= 4 is 22.5 Å². The lowest BCUT2D eigenvalue weighted by molar-refractivity contribution is -0.384. The number of hydrogen-bond acceptors (Lipinski definition) is 5. The van der Waals surface area contributed by atoms with Crippen LogP contribution in [-0.4, -0.2) is 36.1 Å². The fourth-order valence-corrected chi connectivity index (χ4v) is 4.22. The number of ether oxygens (including phenoxy) is 2. The summed E-state index contributed by atoms with van der Waals surface area (Å²) in [4.78, 5) is 27.1. The molecule has 0 radical (unpaired) electrons. The molecule has 3 aromatic carbocycles. The number of non-ortho nitro benzene ring substituents is 1. The van der Waals surface area contributed by atoms with Crippen molar-refractivity contribution in [2.24, 2.45) is 0 Å². The lowest BCUT2D eigenvalue weighted by Crippen LogP contribution is -2.29. The number of aromatic amines is 1. The number of benzene rings is 3. The standard InChI is InChI=1S/C27H27N3O5/c1-4-35-25-12-10-18(13-26(25)34-3)22(23-16-28-24-8-6-5-7-20(23)24)15-29-27(31)21-14-19(30(32)33)11-9-17(21)2/h5-14,16,22,28H,4,15H2,1-3H3,(H,29,31). The van der Waals surface area contributed by atoms with Gasteiger partial charge >= 0.3 is 0 Å². The second kappa shape index (κ2) is 10.3. The van der Waals surface area contributed by atoms with Crippen molar-refractivity contribution < 1.29 is 19.2 Å². The summed E-state index contributed by atoms with van der Waals surface area (Å²) in [6.45, 7) is 4.46. The van der Waals surface area contributed by atoms with E-state index in [1.807, 2.05) is 55.6 Å². The highest BCUT2D eigenvalue weighted by atomic mass is 16.6. The van der Waals surface area contributed by atoms with E-state index in [9.17, 15) is 14.9 Å². The van der Waals surface area contributed by atoms with Crippen molar-refractivity contribution in [3.8, 4) is 11.5 Å². The highest BCUT2D eigenvalue weighted by Crippen LogP contribution is 2.36. The summed E-state index contributed by atoms with van der Waals surface area (Å²) < 4.78 is 11.2. The number of methoxy groups -OCH3 is 1. The predicted octanol–water partition coefficient (Wildman–Crippen LogP) is 5.35. The first-order valence-electron chi connectivity index (χ1n) is 11.3. The minimum Gasteiger partial charge on any atom is -0.493 e. The van der Waals surface area contributed by atoms with Crippen LogP contribution in [0.5, 0.6) is 11.5 Å². The molecule has 4 rings (SSSR count). The monoisotopic (exact) mass is 473 g/mol. The summed E-state index contributed by atoms with van der Waals surface area (Å²) in [5.74, 6) is 0.676. The summed E-state index contributed by atoms with van der Waals surface area (Å²) in [5, 5.41) is 15.2. The van der Waals surface area contributed by atoms with Gasteiger partial charge in [0, 0.05) is 47.3 Å². The van der Waals surface area contributed by atoms with Crippen LogP contribution in [0.1, 0.15) is 39.9 Å². The van der Waals surface area contributed by atoms with Crippen LogP contribution in [0.15, 0.2) is 66.9 Å². The van der Waals surface area contributed by atoms with Gasteiger partial charge in [-0.3, -0.25) is 14.9 Å². The predicted molar refractivity (Wildman–Crippen MR) is 134 cm³/mol. The van der Waals surface area contributed by atoms with Gasteiger partial charge in [-0.25, -0.2) is 0 Å². The molecule has 8 heteroatoms. The zero-order valence-electron chi connectivity index (χ0n) is 19.8. The van der Waals surface area contributed by atoms with Crippen LogP contribution in [0.4, 0.5) is 5.69 Å². The van der Waals surface area contributed by atoms with E-state index in [1.165, 1.54) is 12.1 Å². The molecule has 0 aliphatic rings. The fraction of sp³-hybridized carbons (Fsp3) is 0.222. The number of nitro groups is 1. The van der Waals surface area contributed by atoms with Gasteiger partial charge in [0.15, 0.2) is 11.5 Å². The van der Waals surface area contributed by atoms with Gasteiger partial charge in [0.2, 0.25) is 0 Å². The van der Waals surface area contributed by atoms with E-state index in [1.54, 1.807) is 20.1 Å². The normalized spacial score (nSPS) is 11.7. The molecule has 0 aliphatic carbocycles. The van der Waals surface area contributed by atoms with Crippen LogP contribution >= 0.6 is 0 Å². The first kappa shape index (κ1) is 23.8. The lowest BCUT2D eigenvalue weighted by Gasteiger charge is -2.20. The largest absolute Gasteiger partial charge is 0.493 e. The second-order valence-electron chi connectivity index (χ2n) is 8.15. The molecule has 180 valence electrons. The first-order valence-corrected chi connectivity index (χ1v) is 11.3. The molecule has 35 heavy (non-hydrogen) atoms. The first-order chi connectivity index (χ1) is 16.9. The maximum absolute atomic E-state index is 13.1. The molecule has 1 atom stereocenters. The van der Waals surface area contributed by atoms with Gasteiger partial charge in [-0.1, -0.05) is 30.3 Å². The third-order valence-corrected chi connectivity index (χ3v) is 6.03. The molecule has 0 saturated heterocycles. The van der Waals surface area contributed by atoms with Crippen LogP contribution in [0.25, 0.3) is 10.9 Å². The molecule has 2 N–H and O–H groups in total. The number of nitrogens with zero attached hydrogens (tertiary/aromatic N) is 1. The molecule has 1 aromatic heterocycles. The van der Waals surface area contributed by atoms with Gasteiger partial charge in [-0.15, -0.1) is 0 Å². The molecule has 1 amide bonds. The summed E-state index contributed by atoms with van der Waals surface area (Å²) in [7, 11) is 1.59. The van der Waals surface area contributed by atoms with Crippen LogP contribution in [0.3, 0.4) is 0 Å². The second-order valence-corrected chi connectivity index (χ2v) is 8.15. The zero-order valence-corrected chi connectivity index (χ0v) is 19.8. The van der Waals surface area contributed by atoms with E-state index in [0.717, 1.165) is 22.0 Å². The number of hydrogen-bond donors (Lipinski definition) is 2. The average molecular weight is 474 g/mol. The fourth-order valence-electron chi connectivity index (χ4n) is 4.22. The quantitative estimate of drug-likeness (QED) is 0.252. The van der Waals surface area contributed by atoms with Gasteiger partial charge in [0.1, 0.15) is 0 Å². The summed E-state index contributed by atoms with van der Waals surface area (Å²) in [6, 6.07) is 18.0. The Morgan fingerprint density at radius 2 is 1.91 bits per heavy atom. The Bertz CT molecular complexity index is 1380. The average Bonchev–Trinajstić information content (AvgIpc) is 3.29. The lowest BCUT2D eigenvalue weighted by atomic mass is 9.90. The van der Waals surface area contributed by atoms with Crippen molar-refractivity contribution in [2.75, 3.05) is 20.3 Å². The molecular formula is C27H27N3O5. The van der Waals surface area contributed by atoms with E-state index in [4.69, 9.17) is 9.47 Å². The Balaban J connectivity index is 1.70. The highest BCUT2D eigenvalue weighted by Gasteiger charge is 2.22. The minimum absolute atomic E-state index is 0.120. The molecule has 0 spiro atoms. The van der Waals surface area contributed by atoms with Crippen LogP contribution in [-0.2, 0) is 0 Å². The molecule has 0 aliphatic heterocycles. The smallest absolute Gasteiger partial charge is 0.270 e. The number of amides is 1. The molecule has 8 nitrogen and oxygen atoms in total. The maximum Gasteiger partial charge on any atom is 0.270 e. The molecule has 0 saturated carbocycles. The van der Waals surface area contributed by atoms with Crippen molar-refractivity contribution in [2.45, 2.75) is 19.8 Å². The minimum atomic E-state index is -0.503. The molecule has 4 aromatic rings. The number of aryl methyl sites for hydroxylation is 1. The zero-order chi connectivity index (χ0) is 24.9. The SMILES string of the molecule is CCOc1ccc(C(CNC(=O)c2cc([N+](=O)[O-])ccc2C)c2c[nH]c3ccccc23)cc1OC. The molecule has 0 bridgehead atoms. The number of rotatable bonds is 9. The van der Waals surface area contributed by atoms with Gasteiger partial charge in [-0.05, 0) is 48.7 Å². The van der Waals surface area contributed by atoms with Gasteiger partial charge in [0.25, 0.3) is 11.6 Å². The number of nitro benzene ring substituents is 1.